The lowest BCUT2D eigenvalue weighted by atomic mass is 9.73. The van der Waals surface area contributed by atoms with Gasteiger partial charge < -0.3 is 24.6 Å². The van der Waals surface area contributed by atoms with Gasteiger partial charge in [0.05, 0.1) is 18.6 Å². The van der Waals surface area contributed by atoms with Crippen molar-refractivity contribution in [3.05, 3.63) is 108 Å². The van der Waals surface area contributed by atoms with Gasteiger partial charge in [-0.1, -0.05) is 118 Å². The van der Waals surface area contributed by atoms with Gasteiger partial charge in [-0.15, -0.1) is 6.58 Å². The number of hydrogen-bond acceptors (Lipinski definition) is 7. The Kier molecular flexibility index (Phi) is 28.9. The maximum absolute atomic E-state index is 13.3. The van der Waals surface area contributed by atoms with Gasteiger partial charge in [-0.05, 0) is 136 Å². The Morgan fingerprint density at radius 3 is 1.93 bits per heavy atom. The molecule has 2 N–H and O–H groups in total. The normalized spacial score (nSPS) is 15.5. The molecule has 8 nitrogen and oxygen atoms in total. The summed E-state index contributed by atoms with van der Waals surface area (Å²) in [5.74, 6) is -0.352. The lowest BCUT2D eigenvalue weighted by Crippen LogP contribution is -2.33. The lowest BCUT2D eigenvalue weighted by molar-refractivity contribution is -0.146. The van der Waals surface area contributed by atoms with E-state index >= 15 is 0 Å². The number of esters is 1. The maximum atomic E-state index is 13.3. The van der Waals surface area contributed by atoms with E-state index in [1.807, 2.05) is 32.9 Å². The number of rotatable bonds is 27. The van der Waals surface area contributed by atoms with Crippen molar-refractivity contribution in [3.8, 4) is 11.5 Å². The number of carbonyl (C=O) groups excluding carboxylic acids is 3. The second-order valence-electron chi connectivity index (χ2n) is 17.2. The van der Waals surface area contributed by atoms with Gasteiger partial charge in [-0.2, -0.15) is 0 Å². The Morgan fingerprint density at radius 1 is 0.836 bits per heavy atom. The van der Waals surface area contributed by atoms with Crippen molar-refractivity contribution in [3.63, 3.8) is 0 Å². The van der Waals surface area contributed by atoms with Crippen LogP contribution < -0.4 is 14.8 Å². The van der Waals surface area contributed by atoms with E-state index in [2.05, 4.69) is 93.9 Å². The van der Waals surface area contributed by atoms with Gasteiger partial charge in [0.15, 0.2) is 0 Å². The summed E-state index contributed by atoms with van der Waals surface area (Å²) in [6, 6.07) is 3.70. The number of hydrogen-bond donors (Lipinski definition) is 2. The predicted octanol–water partition coefficient (Wildman–Crippen LogP) is 14.0. The number of nitrogens with one attached hydrogen (secondary N) is 1. The smallest absolute Gasteiger partial charge is 0.432 e. The molecular formula is C53H83NO7. The molecule has 0 aliphatic heterocycles. The first-order valence-corrected chi connectivity index (χ1v) is 22.8. The summed E-state index contributed by atoms with van der Waals surface area (Å²) in [5, 5.41) is 12.7. The molecule has 0 radical (unpaired) electrons. The molecule has 1 aliphatic rings. The van der Waals surface area contributed by atoms with Crippen molar-refractivity contribution in [1.29, 1.82) is 0 Å². The molecule has 0 saturated carbocycles. The molecule has 2 rings (SSSR count). The maximum Gasteiger partial charge on any atom is 0.513 e. The first-order valence-electron chi connectivity index (χ1n) is 22.8. The monoisotopic (exact) mass is 846 g/mol. The quantitative estimate of drug-likeness (QED) is 0.0298. The zero-order valence-corrected chi connectivity index (χ0v) is 39.3. The van der Waals surface area contributed by atoms with Gasteiger partial charge >= 0.3 is 12.1 Å². The average molecular weight is 846 g/mol. The first-order chi connectivity index (χ1) is 29.2. The molecular weight excluding hydrogens is 763 g/mol. The van der Waals surface area contributed by atoms with E-state index in [1.54, 1.807) is 13.8 Å². The summed E-state index contributed by atoms with van der Waals surface area (Å²) in [6.45, 7) is 23.1. The molecule has 0 unspecified atom stereocenters. The van der Waals surface area contributed by atoms with Gasteiger partial charge in [0.2, 0.25) is 5.91 Å². The van der Waals surface area contributed by atoms with Gasteiger partial charge in [0.25, 0.3) is 0 Å². The Labute approximate surface area is 371 Å². The molecule has 2 atom stereocenters. The molecule has 0 aromatic heterocycles. The van der Waals surface area contributed by atoms with Crippen molar-refractivity contribution in [2.24, 2.45) is 11.3 Å². The van der Waals surface area contributed by atoms with E-state index < -0.39 is 17.5 Å². The number of aliphatic hydroxyl groups excluding tert-OH is 1. The molecule has 0 fully saturated rings. The Balaban J connectivity index is 0.00000711. The highest BCUT2D eigenvalue weighted by Crippen LogP contribution is 2.48. The highest BCUT2D eigenvalue weighted by atomic mass is 16.7. The number of aliphatic hydroxyl groups is 1. The number of aryl methyl sites for hydroxylation is 1. The van der Waals surface area contributed by atoms with E-state index in [9.17, 15) is 19.5 Å². The summed E-state index contributed by atoms with van der Waals surface area (Å²) >= 11 is 0. The highest BCUT2D eigenvalue weighted by molar-refractivity contribution is 5.79. The molecule has 0 spiro atoms. The fourth-order valence-corrected chi connectivity index (χ4v) is 6.56. The summed E-state index contributed by atoms with van der Waals surface area (Å²) in [4.78, 5) is 39.0. The van der Waals surface area contributed by atoms with Crippen molar-refractivity contribution in [2.75, 3.05) is 19.8 Å². The predicted molar refractivity (Wildman–Crippen MR) is 256 cm³/mol. The third-order valence-electron chi connectivity index (χ3n) is 10.2. The number of amides is 1. The van der Waals surface area contributed by atoms with Gasteiger partial charge in [0.1, 0.15) is 18.1 Å². The van der Waals surface area contributed by atoms with Crippen LogP contribution in [0.3, 0.4) is 0 Å². The number of ether oxygens (including phenoxy) is 3. The van der Waals surface area contributed by atoms with Crippen molar-refractivity contribution >= 4 is 18.0 Å². The summed E-state index contributed by atoms with van der Waals surface area (Å²) < 4.78 is 17.4. The van der Waals surface area contributed by atoms with Crippen LogP contribution in [0.1, 0.15) is 170 Å². The van der Waals surface area contributed by atoms with Crippen molar-refractivity contribution in [2.45, 2.75) is 164 Å². The standard InChI is InChI=1S/C49H73NO7.C4H8.H2/c1-8-10-12-13-14-15-16-17-18-19-20-21-22-23-24-25-27-29-45(52)50-32-33-55-48(54)57-44-36-40(28-26-11-9-2)35-43(56-47(53)49(6,7)37-51)46(44)42-34-39(5)30-31-41(42)38(3)4;1-4(2)3;/h14-15,17-18,20-21,23-24,34-36,41-42,51H,3,8-13,16,19,22,25-33,37H2,1-2,4-7H3,(H,50,52);1H2,2-3H3;1H/b15-14-,18-17-,21-20-,24-23-;;/t41-,42+;;/m0../s1. The first kappa shape index (κ1) is 54.6. The minimum absolute atomic E-state index is 0. The SMILES string of the molecule is C=C(C)C.C=C(C)[C@@H]1CCC(C)=C[C@H]1c1c(OC(=O)OCCNC(=O)CCC/C=C\C/C=C\C/C=C\C/C=C\CCCCC)cc(CCCCC)cc1OC(=O)C(C)(C)CO.[HH]. The Morgan fingerprint density at radius 2 is 1.38 bits per heavy atom. The summed E-state index contributed by atoms with van der Waals surface area (Å²) in [5.41, 5.74) is 3.63. The molecule has 1 aromatic carbocycles. The molecule has 8 heteroatoms. The zero-order valence-electron chi connectivity index (χ0n) is 39.3. The van der Waals surface area contributed by atoms with Crippen LogP contribution in [-0.2, 0) is 20.7 Å². The summed E-state index contributed by atoms with van der Waals surface area (Å²) in [7, 11) is 0. The van der Waals surface area contributed by atoms with Crippen LogP contribution in [0.25, 0.3) is 0 Å². The van der Waals surface area contributed by atoms with E-state index in [0.29, 0.717) is 24.2 Å². The van der Waals surface area contributed by atoms with Crippen LogP contribution in [-0.4, -0.2) is 42.9 Å². The van der Waals surface area contributed by atoms with Crippen molar-refractivity contribution in [1.82, 2.24) is 5.32 Å². The van der Waals surface area contributed by atoms with Crippen LogP contribution in [0, 0.1) is 11.3 Å². The molecule has 1 aromatic rings. The van der Waals surface area contributed by atoms with Crippen LogP contribution in [0.2, 0.25) is 0 Å². The average Bonchev–Trinajstić information content (AvgIpc) is 3.20. The van der Waals surface area contributed by atoms with E-state index in [0.717, 1.165) is 75.3 Å². The third kappa shape index (κ3) is 24.6. The van der Waals surface area contributed by atoms with Crippen LogP contribution in [0.15, 0.2) is 96.7 Å². The minimum atomic E-state index is -1.14. The zero-order chi connectivity index (χ0) is 45.5. The largest absolute Gasteiger partial charge is 0.513 e. The van der Waals surface area contributed by atoms with Crippen molar-refractivity contribution < 1.29 is 35.1 Å². The molecule has 0 heterocycles. The van der Waals surface area contributed by atoms with Gasteiger partial charge in [-0.25, -0.2) is 4.79 Å². The molecule has 0 saturated heterocycles. The van der Waals surface area contributed by atoms with E-state index in [1.165, 1.54) is 36.8 Å². The second-order valence-corrected chi connectivity index (χ2v) is 17.2. The topological polar surface area (TPSA) is 111 Å². The molecule has 342 valence electrons. The third-order valence-corrected chi connectivity index (χ3v) is 10.2. The fraction of sp³-hybridized carbons (Fsp3) is 0.566. The minimum Gasteiger partial charge on any atom is -0.432 e. The molecule has 1 amide bonds. The second kappa shape index (κ2) is 32.3. The molecule has 0 bridgehead atoms. The molecule has 61 heavy (non-hydrogen) atoms. The summed E-state index contributed by atoms with van der Waals surface area (Å²) in [6.07, 6.45) is 33.9. The Hall–Kier alpha value is -4.43. The number of carbonyl (C=O) groups is 3. The van der Waals surface area contributed by atoms with Gasteiger partial charge in [-0.3, -0.25) is 9.59 Å². The van der Waals surface area contributed by atoms with Crippen LogP contribution >= 0.6 is 0 Å². The number of benzene rings is 1. The van der Waals surface area contributed by atoms with E-state index in [-0.39, 0.29) is 44.7 Å². The lowest BCUT2D eigenvalue weighted by Gasteiger charge is -2.33. The Bertz CT molecular complexity index is 1650. The number of unbranched alkanes of at least 4 members (excludes halogenated alkanes) is 6. The highest BCUT2D eigenvalue weighted by Gasteiger charge is 2.35. The van der Waals surface area contributed by atoms with Crippen LogP contribution in [0.5, 0.6) is 11.5 Å². The van der Waals surface area contributed by atoms with E-state index in [4.69, 9.17) is 14.2 Å². The van der Waals surface area contributed by atoms with Crippen LogP contribution in [0.4, 0.5) is 4.79 Å². The number of allylic oxidation sites excluding steroid dienone is 12. The van der Waals surface area contributed by atoms with Gasteiger partial charge in [0, 0.05) is 19.3 Å². The fourth-order valence-electron chi connectivity index (χ4n) is 6.56. The molecule has 1 aliphatic carbocycles.